The van der Waals surface area contributed by atoms with Gasteiger partial charge in [-0.25, -0.2) is 4.79 Å². The van der Waals surface area contributed by atoms with Crippen molar-refractivity contribution < 1.29 is 14.6 Å². The van der Waals surface area contributed by atoms with E-state index in [-0.39, 0.29) is 22.3 Å². The second kappa shape index (κ2) is 5.55. The Morgan fingerprint density at radius 1 is 1.56 bits per heavy atom. The monoisotopic (exact) mass is 306 g/mol. The lowest BCUT2D eigenvalue weighted by molar-refractivity contribution is 0.0458. The van der Waals surface area contributed by atoms with Crippen LogP contribution < -0.4 is 0 Å². The molecule has 0 bridgehead atoms. The van der Waals surface area contributed by atoms with Crippen molar-refractivity contribution in [2.45, 2.75) is 13.8 Å². The lowest BCUT2D eigenvalue weighted by atomic mass is 10.2. The molecule has 0 aliphatic rings. The highest BCUT2D eigenvalue weighted by Gasteiger charge is 2.13. The molecule has 0 unspecified atom stereocenters. The number of ether oxygens (including phenoxy) is 1. The number of carbonyl (C=O) groups excluding carboxylic acids is 1. The molecule has 88 valence electrons. The zero-order valence-electron chi connectivity index (χ0n) is 8.96. The van der Waals surface area contributed by atoms with Crippen molar-refractivity contribution in [2.24, 2.45) is 5.92 Å². The molecule has 0 saturated heterocycles. The minimum Gasteiger partial charge on any atom is -0.507 e. The maximum atomic E-state index is 11.6. The van der Waals surface area contributed by atoms with Crippen LogP contribution in [-0.2, 0) is 4.74 Å². The van der Waals surface area contributed by atoms with E-state index in [0.29, 0.717) is 11.1 Å². The minimum atomic E-state index is -0.488. The smallest absolute Gasteiger partial charge is 0.338 e. The van der Waals surface area contributed by atoms with E-state index in [9.17, 15) is 9.90 Å². The molecule has 0 aromatic heterocycles. The van der Waals surface area contributed by atoms with E-state index in [4.69, 9.17) is 16.3 Å². The number of phenols is 1. The molecule has 0 aliphatic carbocycles. The molecular formula is C11H12BrClO3. The lowest BCUT2D eigenvalue weighted by Gasteiger charge is -2.08. The Kier molecular flexibility index (Phi) is 4.62. The zero-order chi connectivity index (χ0) is 12.3. The lowest BCUT2D eigenvalue weighted by Crippen LogP contribution is -2.10. The van der Waals surface area contributed by atoms with Crippen LogP contribution >= 0.6 is 27.5 Å². The number of hydrogen-bond acceptors (Lipinski definition) is 3. The Balaban J connectivity index is 2.84. The Morgan fingerprint density at radius 2 is 2.19 bits per heavy atom. The molecule has 0 amide bonds. The van der Waals surface area contributed by atoms with Crippen molar-refractivity contribution in [1.29, 1.82) is 0 Å². The first kappa shape index (κ1) is 13.3. The van der Waals surface area contributed by atoms with E-state index < -0.39 is 5.97 Å². The van der Waals surface area contributed by atoms with Gasteiger partial charge in [0.25, 0.3) is 0 Å². The van der Waals surface area contributed by atoms with Crippen LogP contribution in [0, 0.1) is 5.92 Å². The van der Waals surface area contributed by atoms with Gasteiger partial charge in [-0.3, -0.25) is 0 Å². The zero-order valence-corrected chi connectivity index (χ0v) is 11.3. The molecule has 0 fully saturated rings. The highest BCUT2D eigenvalue weighted by molar-refractivity contribution is 9.10. The summed E-state index contributed by atoms with van der Waals surface area (Å²) in [5, 5.41) is 9.74. The van der Waals surface area contributed by atoms with Gasteiger partial charge in [-0.1, -0.05) is 25.4 Å². The van der Waals surface area contributed by atoms with Gasteiger partial charge in [0, 0.05) is 0 Å². The van der Waals surface area contributed by atoms with Gasteiger partial charge in [0.2, 0.25) is 0 Å². The van der Waals surface area contributed by atoms with E-state index in [0.717, 1.165) is 0 Å². The summed E-state index contributed by atoms with van der Waals surface area (Å²) in [4.78, 5) is 11.6. The molecule has 1 N–H and O–H groups in total. The number of hydrogen-bond donors (Lipinski definition) is 1. The molecule has 0 aliphatic heterocycles. The van der Waals surface area contributed by atoms with Gasteiger partial charge in [-0.05, 0) is 34.0 Å². The first-order valence-electron chi connectivity index (χ1n) is 4.77. The summed E-state index contributed by atoms with van der Waals surface area (Å²) in [6.45, 7) is 4.23. The first-order valence-corrected chi connectivity index (χ1v) is 5.94. The quantitative estimate of drug-likeness (QED) is 0.868. The molecule has 0 radical (unpaired) electrons. The molecule has 16 heavy (non-hydrogen) atoms. The largest absolute Gasteiger partial charge is 0.507 e. The Hall–Kier alpha value is -0.740. The number of phenolic OH excluding ortho intramolecular Hbond substituents is 1. The first-order chi connectivity index (χ1) is 7.41. The summed E-state index contributed by atoms with van der Waals surface area (Å²) in [5.74, 6) is -0.300. The highest BCUT2D eigenvalue weighted by Crippen LogP contribution is 2.32. The van der Waals surface area contributed by atoms with E-state index in [1.807, 2.05) is 13.8 Å². The number of benzene rings is 1. The van der Waals surface area contributed by atoms with Crippen LogP contribution in [0.2, 0.25) is 5.02 Å². The van der Waals surface area contributed by atoms with Crippen LogP contribution in [0.1, 0.15) is 24.2 Å². The van der Waals surface area contributed by atoms with Gasteiger partial charge in [0.15, 0.2) is 0 Å². The third-order valence-corrected chi connectivity index (χ3v) is 3.15. The minimum absolute atomic E-state index is 0.0796. The fraction of sp³-hybridized carbons (Fsp3) is 0.364. The third kappa shape index (κ3) is 3.39. The Bertz CT molecular complexity index is 381. The standard InChI is InChI=1S/C11H12BrClO3/c1-6(2)5-16-11(15)7-3-8(13)10(12)9(14)4-7/h3-4,6,14H,5H2,1-2H3. The molecule has 0 saturated carbocycles. The summed E-state index contributed by atoms with van der Waals surface area (Å²) in [6, 6.07) is 2.77. The molecule has 1 aromatic carbocycles. The number of halogens is 2. The number of carbonyl (C=O) groups is 1. The van der Waals surface area contributed by atoms with E-state index >= 15 is 0 Å². The average Bonchev–Trinajstić information content (AvgIpc) is 2.21. The van der Waals surface area contributed by atoms with Crippen molar-refractivity contribution in [3.63, 3.8) is 0 Å². The molecule has 5 heteroatoms. The van der Waals surface area contributed by atoms with Crippen molar-refractivity contribution in [3.05, 3.63) is 27.2 Å². The normalized spacial score (nSPS) is 10.6. The average molecular weight is 308 g/mol. The molecule has 0 spiro atoms. The SMILES string of the molecule is CC(C)COC(=O)c1cc(O)c(Br)c(Cl)c1. The van der Waals surface area contributed by atoms with Gasteiger partial charge in [-0.2, -0.15) is 0 Å². The predicted molar refractivity (Wildman–Crippen MR) is 65.9 cm³/mol. The van der Waals surface area contributed by atoms with Crippen LogP contribution in [0.3, 0.4) is 0 Å². The molecule has 3 nitrogen and oxygen atoms in total. The maximum absolute atomic E-state index is 11.6. The second-order valence-electron chi connectivity index (χ2n) is 3.78. The van der Waals surface area contributed by atoms with Crippen LogP contribution in [-0.4, -0.2) is 17.7 Å². The van der Waals surface area contributed by atoms with Crippen LogP contribution in [0.15, 0.2) is 16.6 Å². The van der Waals surface area contributed by atoms with E-state index in [1.54, 1.807) is 0 Å². The van der Waals surface area contributed by atoms with Crippen molar-refractivity contribution in [2.75, 3.05) is 6.61 Å². The number of rotatable bonds is 3. The number of aromatic hydroxyl groups is 1. The fourth-order valence-electron chi connectivity index (χ4n) is 1.02. The summed E-state index contributed by atoms with van der Waals surface area (Å²) >= 11 is 8.90. The molecular weight excluding hydrogens is 295 g/mol. The molecule has 1 aromatic rings. The summed E-state index contributed by atoms with van der Waals surface area (Å²) < 4.78 is 5.39. The van der Waals surface area contributed by atoms with Gasteiger partial charge >= 0.3 is 5.97 Å². The summed E-state index contributed by atoms with van der Waals surface area (Å²) in [6.07, 6.45) is 0. The Morgan fingerprint density at radius 3 is 2.69 bits per heavy atom. The second-order valence-corrected chi connectivity index (χ2v) is 4.98. The summed E-state index contributed by atoms with van der Waals surface area (Å²) in [7, 11) is 0. The van der Waals surface area contributed by atoms with Gasteiger partial charge in [-0.15, -0.1) is 0 Å². The van der Waals surface area contributed by atoms with E-state index in [2.05, 4.69) is 15.9 Å². The maximum Gasteiger partial charge on any atom is 0.338 e. The van der Waals surface area contributed by atoms with E-state index in [1.165, 1.54) is 12.1 Å². The van der Waals surface area contributed by atoms with Crippen LogP contribution in [0.4, 0.5) is 0 Å². The van der Waals surface area contributed by atoms with Crippen LogP contribution in [0.5, 0.6) is 5.75 Å². The third-order valence-electron chi connectivity index (χ3n) is 1.79. The predicted octanol–water partition coefficient (Wildman–Crippen LogP) is 3.62. The molecule has 0 atom stereocenters. The van der Waals surface area contributed by atoms with Gasteiger partial charge < -0.3 is 9.84 Å². The molecule has 1 rings (SSSR count). The van der Waals surface area contributed by atoms with Crippen molar-refractivity contribution in [3.8, 4) is 5.75 Å². The highest BCUT2D eigenvalue weighted by atomic mass is 79.9. The van der Waals surface area contributed by atoms with Crippen molar-refractivity contribution in [1.82, 2.24) is 0 Å². The fourth-order valence-corrected chi connectivity index (χ4v) is 1.46. The summed E-state index contributed by atoms with van der Waals surface area (Å²) in [5.41, 5.74) is 0.242. The Labute approximate surface area is 107 Å². The van der Waals surface area contributed by atoms with Gasteiger partial charge in [0.1, 0.15) is 5.75 Å². The van der Waals surface area contributed by atoms with Crippen molar-refractivity contribution >= 4 is 33.5 Å². The van der Waals surface area contributed by atoms with Crippen LogP contribution in [0.25, 0.3) is 0 Å². The topological polar surface area (TPSA) is 46.5 Å². The van der Waals surface area contributed by atoms with Gasteiger partial charge in [0.05, 0.1) is 21.7 Å². The number of esters is 1. The molecule has 0 heterocycles.